The lowest BCUT2D eigenvalue weighted by Crippen LogP contribution is -2.36. The molecule has 1 unspecified atom stereocenters. The van der Waals surface area contributed by atoms with Crippen molar-refractivity contribution in [3.8, 4) is 5.75 Å². The second-order valence-electron chi connectivity index (χ2n) is 5.46. The normalized spacial score (nSPS) is 12.4. The van der Waals surface area contributed by atoms with E-state index in [9.17, 15) is 4.79 Å². The standard InChI is InChI=1S/C15H22Br2N2O2/c1-9(2)19(4)14(20)8-21-15-12(16)6-11(5-10(3)18)7-13(15)17/h6-7,9-10H,5,8,18H2,1-4H3. The molecule has 0 aliphatic rings. The van der Waals surface area contributed by atoms with Gasteiger partial charge in [0.2, 0.25) is 0 Å². The molecule has 1 atom stereocenters. The number of hydrogen-bond donors (Lipinski definition) is 1. The van der Waals surface area contributed by atoms with Crippen molar-refractivity contribution in [2.45, 2.75) is 39.3 Å². The van der Waals surface area contributed by atoms with Crippen LogP contribution in [0.5, 0.6) is 5.75 Å². The van der Waals surface area contributed by atoms with Crippen molar-refractivity contribution in [2.24, 2.45) is 5.73 Å². The van der Waals surface area contributed by atoms with Gasteiger partial charge in [-0.25, -0.2) is 0 Å². The van der Waals surface area contributed by atoms with Gasteiger partial charge >= 0.3 is 0 Å². The van der Waals surface area contributed by atoms with E-state index in [1.165, 1.54) is 0 Å². The summed E-state index contributed by atoms with van der Waals surface area (Å²) in [5.74, 6) is 0.581. The average molecular weight is 422 g/mol. The molecule has 0 aromatic heterocycles. The highest BCUT2D eigenvalue weighted by molar-refractivity contribution is 9.11. The fourth-order valence-electron chi connectivity index (χ4n) is 1.76. The number of halogens is 2. The zero-order valence-corrected chi connectivity index (χ0v) is 16.0. The molecule has 4 nitrogen and oxygen atoms in total. The Balaban J connectivity index is 2.78. The number of amides is 1. The molecule has 0 saturated carbocycles. The molecule has 118 valence electrons. The SMILES string of the molecule is CC(N)Cc1cc(Br)c(OCC(=O)N(C)C(C)C)c(Br)c1. The van der Waals surface area contributed by atoms with Crippen LogP contribution in [-0.4, -0.2) is 36.5 Å². The molecule has 0 aliphatic carbocycles. The summed E-state index contributed by atoms with van der Waals surface area (Å²) in [7, 11) is 1.77. The summed E-state index contributed by atoms with van der Waals surface area (Å²) in [6.07, 6.45) is 0.784. The summed E-state index contributed by atoms with van der Waals surface area (Å²) in [4.78, 5) is 13.6. The quantitative estimate of drug-likeness (QED) is 0.766. The molecule has 6 heteroatoms. The minimum atomic E-state index is -0.0524. The number of benzene rings is 1. The van der Waals surface area contributed by atoms with Crippen LogP contribution in [0.1, 0.15) is 26.3 Å². The third-order valence-electron chi connectivity index (χ3n) is 3.12. The molecule has 1 amide bonds. The molecule has 0 aliphatic heterocycles. The summed E-state index contributed by atoms with van der Waals surface area (Å²) >= 11 is 6.97. The van der Waals surface area contributed by atoms with Crippen molar-refractivity contribution in [1.29, 1.82) is 0 Å². The lowest BCUT2D eigenvalue weighted by molar-refractivity contribution is -0.133. The first-order chi connectivity index (χ1) is 9.72. The van der Waals surface area contributed by atoms with Gasteiger partial charge in [0, 0.05) is 19.1 Å². The number of nitrogens with zero attached hydrogens (tertiary/aromatic N) is 1. The molecule has 0 fully saturated rings. The Morgan fingerprint density at radius 1 is 1.29 bits per heavy atom. The Kier molecular flexibility index (Phi) is 7.16. The van der Waals surface area contributed by atoms with Crippen LogP contribution in [0.4, 0.5) is 0 Å². The van der Waals surface area contributed by atoms with Crippen LogP contribution in [0.2, 0.25) is 0 Å². The third-order valence-corrected chi connectivity index (χ3v) is 4.30. The molecule has 0 saturated heterocycles. The molecule has 0 radical (unpaired) electrons. The highest BCUT2D eigenvalue weighted by atomic mass is 79.9. The molecular formula is C15H22Br2N2O2. The summed E-state index contributed by atoms with van der Waals surface area (Å²) in [5, 5.41) is 0. The number of carbonyl (C=O) groups excluding carboxylic acids is 1. The number of nitrogens with two attached hydrogens (primary N) is 1. The maximum absolute atomic E-state index is 11.9. The molecule has 0 spiro atoms. The van der Waals surface area contributed by atoms with Crippen LogP contribution >= 0.6 is 31.9 Å². The first kappa shape index (κ1) is 18.5. The van der Waals surface area contributed by atoms with Gasteiger partial charge in [-0.05, 0) is 76.7 Å². The Morgan fingerprint density at radius 2 is 1.81 bits per heavy atom. The maximum Gasteiger partial charge on any atom is 0.260 e. The van der Waals surface area contributed by atoms with E-state index < -0.39 is 0 Å². The van der Waals surface area contributed by atoms with Crippen molar-refractivity contribution in [2.75, 3.05) is 13.7 Å². The lowest BCUT2D eigenvalue weighted by Gasteiger charge is -2.22. The fraction of sp³-hybridized carbons (Fsp3) is 0.533. The second-order valence-corrected chi connectivity index (χ2v) is 7.17. The van der Waals surface area contributed by atoms with Gasteiger partial charge in [-0.3, -0.25) is 4.79 Å². The van der Waals surface area contributed by atoms with Gasteiger partial charge in [-0.15, -0.1) is 0 Å². The van der Waals surface area contributed by atoms with E-state index >= 15 is 0 Å². The molecule has 1 rings (SSSR count). The van der Waals surface area contributed by atoms with E-state index in [0.717, 1.165) is 20.9 Å². The van der Waals surface area contributed by atoms with E-state index in [-0.39, 0.29) is 24.6 Å². The molecule has 1 aromatic rings. The van der Waals surface area contributed by atoms with Crippen molar-refractivity contribution >= 4 is 37.8 Å². The Morgan fingerprint density at radius 3 is 2.24 bits per heavy atom. The number of hydrogen-bond acceptors (Lipinski definition) is 3. The van der Waals surface area contributed by atoms with E-state index in [1.54, 1.807) is 11.9 Å². The number of ether oxygens (including phenoxy) is 1. The summed E-state index contributed by atoms with van der Waals surface area (Å²) < 4.78 is 7.27. The van der Waals surface area contributed by atoms with Crippen molar-refractivity contribution in [3.63, 3.8) is 0 Å². The van der Waals surface area contributed by atoms with Gasteiger partial charge in [0.25, 0.3) is 5.91 Å². The van der Waals surface area contributed by atoms with Crippen molar-refractivity contribution < 1.29 is 9.53 Å². The van der Waals surface area contributed by atoms with E-state index in [1.807, 2.05) is 32.9 Å². The van der Waals surface area contributed by atoms with Crippen molar-refractivity contribution in [3.05, 3.63) is 26.6 Å². The second kappa shape index (κ2) is 8.15. The molecule has 21 heavy (non-hydrogen) atoms. The maximum atomic E-state index is 11.9. The van der Waals surface area contributed by atoms with Gasteiger partial charge in [0.1, 0.15) is 5.75 Å². The summed E-state index contributed by atoms with van der Waals surface area (Å²) in [6, 6.07) is 4.19. The molecule has 1 aromatic carbocycles. The first-order valence-electron chi connectivity index (χ1n) is 6.84. The van der Waals surface area contributed by atoms with Gasteiger partial charge in [0.05, 0.1) is 8.95 Å². The number of carbonyl (C=O) groups is 1. The number of rotatable bonds is 6. The average Bonchev–Trinajstić information content (AvgIpc) is 2.35. The van der Waals surface area contributed by atoms with Crippen LogP contribution in [0, 0.1) is 0 Å². The van der Waals surface area contributed by atoms with E-state index in [4.69, 9.17) is 10.5 Å². The summed E-state index contributed by atoms with van der Waals surface area (Å²) in [6.45, 7) is 5.91. The zero-order valence-electron chi connectivity index (χ0n) is 12.8. The van der Waals surface area contributed by atoms with E-state index in [2.05, 4.69) is 31.9 Å². The Labute approximate surface area is 143 Å². The number of likely N-dealkylation sites (N-methyl/N-ethyl adjacent to an activating group) is 1. The van der Waals surface area contributed by atoms with E-state index in [0.29, 0.717) is 5.75 Å². The summed E-state index contributed by atoms with van der Waals surface area (Å²) in [5.41, 5.74) is 6.92. The minimum Gasteiger partial charge on any atom is -0.481 e. The Hall–Kier alpha value is -0.590. The highest BCUT2D eigenvalue weighted by Crippen LogP contribution is 2.35. The smallest absolute Gasteiger partial charge is 0.260 e. The highest BCUT2D eigenvalue weighted by Gasteiger charge is 2.15. The monoisotopic (exact) mass is 420 g/mol. The molecular weight excluding hydrogens is 400 g/mol. The van der Waals surface area contributed by atoms with Gasteiger partial charge in [-0.1, -0.05) is 0 Å². The van der Waals surface area contributed by atoms with Gasteiger partial charge < -0.3 is 15.4 Å². The van der Waals surface area contributed by atoms with Gasteiger partial charge in [0.15, 0.2) is 6.61 Å². The van der Waals surface area contributed by atoms with Crippen molar-refractivity contribution in [1.82, 2.24) is 4.90 Å². The predicted octanol–water partition coefficient (Wildman–Crippen LogP) is 3.35. The topological polar surface area (TPSA) is 55.6 Å². The van der Waals surface area contributed by atoms with Crippen LogP contribution in [-0.2, 0) is 11.2 Å². The fourth-order valence-corrected chi connectivity index (χ4v) is 3.27. The molecule has 0 heterocycles. The van der Waals surface area contributed by atoms with Crippen LogP contribution in [0.15, 0.2) is 21.1 Å². The molecule has 2 N–H and O–H groups in total. The Bertz CT molecular complexity index is 481. The molecule has 0 bridgehead atoms. The van der Waals surface area contributed by atoms with Gasteiger partial charge in [-0.2, -0.15) is 0 Å². The van der Waals surface area contributed by atoms with Crippen LogP contribution in [0.3, 0.4) is 0 Å². The third kappa shape index (κ3) is 5.60. The van der Waals surface area contributed by atoms with Crippen LogP contribution in [0.25, 0.3) is 0 Å². The first-order valence-corrected chi connectivity index (χ1v) is 8.43. The van der Waals surface area contributed by atoms with Crippen LogP contribution < -0.4 is 10.5 Å². The lowest BCUT2D eigenvalue weighted by atomic mass is 10.1. The zero-order chi connectivity index (χ0) is 16.2. The minimum absolute atomic E-state index is 0.0124. The predicted molar refractivity (Wildman–Crippen MR) is 92.6 cm³/mol. The largest absolute Gasteiger partial charge is 0.481 e.